The molecular weight excluding hydrogens is 445 g/mol. The van der Waals surface area contributed by atoms with Crippen molar-refractivity contribution in [2.24, 2.45) is 0 Å². The zero-order valence-corrected chi connectivity index (χ0v) is 21.1. The number of ether oxygens (including phenoxy) is 1. The number of aromatic nitrogens is 2. The van der Waals surface area contributed by atoms with Crippen LogP contribution in [0.5, 0.6) is 0 Å². The van der Waals surface area contributed by atoms with E-state index >= 15 is 0 Å². The van der Waals surface area contributed by atoms with Gasteiger partial charge in [-0.1, -0.05) is 36.4 Å². The van der Waals surface area contributed by atoms with E-state index in [2.05, 4.69) is 45.9 Å². The molecule has 0 unspecified atom stereocenters. The van der Waals surface area contributed by atoms with Crippen LogP contribution in [0.15, 0.2) is 48.5 Å². The van der Waals surface area contributed by atoms with Crippen LogP contribution in [0.3, 0.4) is 0 Å². The first kappa shape index (κ1) is 26.8. The Morgan fingerprint density at radius 3 is 2.43 bits per heavy atom. The van der Waals surface area contributed by atoms with Crippen molar-refractivity contribution in [3.63, 3.8) is 0 Å². The van der Waals surface area contributed by atoms with Crippen molar-refractivity contribution in [1.29, 1.82) is 0 Å². The highest BCUT2D eigenvalue weighted by Gasteiger charge is 2.29. The minimum absolute atomic E-state index is 0. The third-order valence-corrected chi connectivity index (χ3v) is 7.23. The summed E-state index contributed by atoms with van der Waals surface area (Å²) in [4.78, 5) is 19.0. The molecule has 0 atom stereocenters. The van der Waals surface area contributed by atoms with Gasteiger partial charge in [-0.25, -0.2) is 4.98 Å². The molecule has 1 N–H and O–H groups in total. The predicted octanol–water partition coefficient (Wildman–Crippen LogP) is 5.01. The summed E-state index contributed by atoms with van der Waals surface area (Å²) < 4.78 is 8.01. The van der Waals surface area contributed by atoms with Crippen molar-refractivity contribution in [2.45, 2.75) is 57.9 Å². The number of fused-ring (bicyclic) bond motifs is 1. The van der Waals surface area contributed by atoms with Gasteiger partial charge in [0.15, 0.2) is 0 Å². The lowest BCUT2D eigenvalue weighted by Gasteiger charge is -2.32. The zero-order chi connectivity index (χ0) is 24.1. The van der Waals surface area contributed by atoms with Gasteiger partial charge in [0.2, 0.25) is 0 Å². The average Bonchev–Trinajstić information content (AvgIpc) is 3.22. The molecule has 2 heterocycles. The minimum atomic E-state index is -0.862. The molecule has 35 heavy (non-hydrogen) atoms. The Labute approximate surface area is 207 Å². The van der Waals surface area contributed by atoms with E-state index in [1.165, 1.54) is 16.9 Å². The summed E-state index contributed by atoms with van der Waals surface area (Å²) in [6.07, 6.45) is 3.21. The van der Waals surface area contributed by atoms with E-state index in [4.69, 9.17) is 9.72 Å². The first-order valence-electron chi connectivity index (χ1n) is 12.5. The molecule has 1 aliphatic heterocycles. The second kappa shape index (κ2) is 11.8. The van der Waals surface area contributed by atoms with Crippen LogP contribution < -0.4 is 0 Å². The smallest absolute Gasteiger partial charge is 0.313 e. The number of aliphatic carboxylic acids is 1. The van der Waals surface area contributed by atoms with E-state index in [1.807, 2.05) is 19.1 Å². The normalized spacial score (nSPS) is 15.3. The maximum absolute atomic E-state index is 11.5. The average molecular weight is 484 g/mol. The zero-order valence-electron chi connectivity index (χ0n) is 21.1. The lowest BCUT2D eigenvalue weighted by molar-refractivity contribution is -0.142. The molecule has 7 heteroatoms. The molecular formula is C28H38FN3O3. The number of imidazole rings is 1. The van der Waals surface area contributed by atoms with E-state index in [-0.39, 0.29) is 4.70 Å². The standard InChI is InChI=1S/C28H37N3O3.FH/c1-4-34-20-19-31-25-8-6-5-7-24(25)29-26(31)22-14-17-30(18-15-22)16-13-21-9-11-23(12-10-21)28(2,3)27(32)33;/h5-12,22H,4,13-20H2,1-3H3,(H,32,33);1H. The van der Waals surface area contributed by atoms with Gasteiger partial charge >= 0.3 is 5.97 Å². The van der Waals surface area contributed by atoms with Gasteiger partial charge in [0.25, 0.3) is 0 Å². The second-order valence-electron chi connectivity index (χ2n) is 9.80. The number of hydrogen-bond acceptors (Lipinski definition) is 4. The van der Waals surface area contributed by atoms with Crippen molar-refractivity contribution < 1.29 is 19.3 Å². The van der Waals surface area contributed by atoms with E-state index in [9.17, 15) is 9.90 Å². The fraction of sp³-hybridized carbons (Fsp3) is 0.500. The molecule has 0 saturated carbocycles. The number of para-hydroxylation sites is 2. The summed E-state index contributed by atoms with van der Waals surface area (Å²) in [5, 5.41) is 9.43. The van der Waals surface area contributed by atoms with E-state index in [1.54, 1.807) is 13.8 Å². The molecule has 1 fully saturated rings. The van der Waals surface area contributed by atoms with Gasteiger partial charge in [-0.15, -0.1) is 0 Å². The number of halogens is 1. The third kappa shape index (κ3) is 6.08. The third-order valence-electron chi connectivity index (χ3n) is 7.23. The minimum Gasteiger partial charge on any atom is -0.481 e. The summed E-state index contributed by atoms with van der Waals surface area (Å²) in [6.45, 7) is 11.0. The van der Waals surface area contributed by atoms with Gasteiger partial charge in [0, 0.05) is 25.6 Å². The topological polar surface area (TPSA) is 67.6 Å². The predicted molar refractivity (Wildman–Crippen MR) is 138 cm³/mol. The number of benzene rings is 2. The lowest BCUT2D eigenvalue weighted by atomic mass is 9.84. The molecule has 1 aliphatic rings. The number of carboxylic acids is 1. The monoisotopic (exact) mass is 483 g/mol. The van der Waals surface area contributed by atoms with E-state index < -0.39 is 11.4 Å². The Hall–Kier alpha value is -2.77. The molecule has 3 aromatic rings. The highest BCUT2D eigenvalue weighted by Crippen LogP contribution is 2.30. The van der Waals surface area contributed by atoms with Gasteiger partial charge in [-0.2, -0.15) is 0 Å². The van der Waals surface area contributed by atoms with Crippen LogP contribution in [0.1, 0.15) is 56.5 Å². The molecule has 0 spiro atoms. The summed E-state index contributed by atoms with van der Waals surface area (Å²) >= 11 is 0. The van der Waals surface area contributed by atoms with Gasteiger partial charge in [-0.05, 0) is 76.4 Å². The van der Waals surface area contributed by atoms with Crippen LogP contribution in [-0.2, 0) is 27.9 Å². The Morgan fingerprint density at radius 1 is 1.09 bits per heavy atom. The first-order valence-corrected chi connectivity index (χ1v) is 12.5. The van der Waals surface area contributed by atoms with Gasteiger partial charge in [-0.3, -0.25) is 9.50 Å². The van der Waals surface area contributed by atoms with Gasteiger partial charge < -0.3 is 19.3 Å². The van der Waals surface area contributed by atoms with E-state index in [0.29, 0.717) is 12.5 Å². The number of carbonyl (C=O) groups is 1. The number of rotatable bonds is 10. The second-order valence-corrected chi connectivity index (χ2v) is 9.80. The summed E-state index contributed by atoms with van der Waals surface area (Å²) in [5.74, 6) is 0.884. The van der Waals surface area contributed by atoms with Crippen LogP contribution in [0.25, 0.3) is 11.0 Å². The molecule has 1 saturated heterocycles. The molecule has 0 amide bonds. The SMILES string of the molecule is CCOCCn1c(C2CCN(CCc3ccc(C(C)(C)C(=O)O)cc3)CC2)nc2ccccc21.F. The van der Waals surface area contributed by atoms with Crippen LogP contribution in [0.4, 0.5) is 4.70 Å². The Kier molecular flexibility index (Phi) is 9.03. The first-order chi connectivity index (χ1) is 16.4. The summed E-state index contributed by atoms with van der Waals surface area (Å²) in [7, 11) is 0. The van der Waals surface area contributed by atoms with Crippen molar-refractivity contribution in [3.8, 4) is 0 Å². The molecule has 4 rings (SSSR count). The molecule has 6 nitrogen and oxygen atoms in total. The van der Waals surface area contributed by atoms with Crippen LogP contribution in [-0.4, -0.2) is 58.4 Å². The molecule has 0 aliphatic carbocycles. The highest BCUT2D eigenvalue weighted by molar-refractivity contribution is 5.80. The van der Waals surface area contributed by atoms with Crippen molar-refractivity contribution in [1.82, 2.24) is 14.5 Å². The summed E-state index contributed by atoms with van der Waals surface area (Å²) in [6, 6.07) is 16.5. The Bertz CT molecular complexity index is 1100. The molecule has 0 radical (unpaired) electrons. The van der Waals surface area contributed by atoms with Crippen molar-refractivity contribution in [2.75, 3.05) is 32.8 Å². The highest BCUT2D eigenvalue weighted by atomic mass is 19.0. The summed E-state index contributed by atoms with van der Waals surface area (Å²) in [5.41, 5.74) is 3.52. The molecule has 190 valence electrons. The van der Waals surface area contributed by atoms with E-state index in [0.717, 1.165) is 63.1 Å². The number of piperidine rings is 1. The van der Waals surface area contributed by atoms with Crippen molar-refractivity contribution >= 4 is 17.0 Å². The van der Waals surface area contributed by atoms with Gasteiger partial charge in [0.05, 0.1) is 23.1 Å². The molecule has 0 bridgehead atoms. The molecule has 2 aromatic carbocycles. The Morgan fingerprint density at radius 2 is 1.77 bits per heavy atom. The van der Waals surface area contributed by atoms with Gasteiger partial charge in [0.1, 0.15) is 5.82 Å². The number of hydrogen-bond donors (Lipinski definition) is 1. The van der Waals surface area contributed by atoms with Crippen molar-refractivity contribution in [3.05, 3.63) is 65.5 Å². The maximum atomic E-state index is 11.5. The van der Waals surface area contributed by atoms with Crippen LogP contribution in [0.2, 0.25) is 0 Å². The van der Waals surface area contributed by atoms with Crippen LogP contribution >= 0.6 is 0 Å². The Balaban J connectivity index is 0.00000342. The largest absolute Gasteiger partial charge is 0.481 e. The quantitative estimate of drug-likeness (QED) is 0.411. The fourth-order valence-electron chi connectivity index (χ4n) is 4.85. The number of nitrogens with zero attached hydrogens (tertiary/aromatic N) is 3. The number of likely N-dealkylation sites (tertiary alicyclic amines) is 1. The number of carboxylic acid groups (broad SMARTS) is 1. The maximum Gasteiger partial charge on any atom is 0.313 e. The lowest BCUT2D eigenvalue weighted by Crippen LogP contribution is -2.35. The molecule has 1 aromatic heterocycles. The fourth-order valence-corrected chi connectivity index (χ4v) is 4.85. The van der Waals surface area contributed by atoms with Crippen LogP contribution in [0, 0.1) is 0 Å².